The Bertz CT molecular complexity index is 1050. The van der Waals surface area contributed by atoms with Gasteiger partial charge in [0.1, 0.15) is 6.61 Å². The van der Waals surface area contributed by atoms with Crippen molar-refractivity contribution in [1.82, 2.24) is 0 Å². The summed E-state index contributed by atoms with van der Waals surface area (Å²) in [6.07, 6.45) is 3.28. The van der Waals surface area contributed by atoms with Crippen molar-refractivity contribution in [3.63, 3.8) is 0 Å². The number of benzene rings is 3. The van der Waals surface area contributed by atoms with Crippen LogP contribution in [-0.4, -0.2) is 12.9 Å². The molecule has 3 aromatic carbocycles. The van der Waals surface area contributed by atoms with Gasteiger partial charge in [-0.25, -0.2) is 0 Å². The van der Waals surface area contributed by atoms with Gasteiger partial charge in [-0.3, -0.25) is 4.79 Å². The van der Waals surface area contributed by atoms with Crippen LogP contribution in [0.4, 0.5) is 0 Å². The van der Waals surface area contributed by atoms with Crippen LogP contribution in [0.25, 0.3) is 6.08 Å². The molecule has 3 aromatic rings. The lowest BCUT2D eigenvalue weighted by Gasteiger charge is -2.12. The SMILES string of the molecule is COc1cc(C=CC(=O)c2ccc(Br)cc2)ccc1OCc1ccc(Cl)cc1Cl. The summed E-state index contributed by atoms with van der Waals surface area (Å²) in [5.74, 6) is 1.07. The molecular formula is C23H17BrCl2O3. The van der Waals surface area contributed by atoms with Crippen molar-refractivity contribution in [3.05, 3.63) is 97.9 Å². The molecule has 3 rings (SSSR count). The Balaban J connectivity index is 1.71. The molecule has 0 heterocycles. The Morgan fingerprint density at radius 3 is 2.45 bits per heavy atom. The van der Waals surface area contributed by atoms with Crippen LogP contribution in [0.15, 0.2) is 71.2 Å². The minimum atomic E-state index is -0.0748. The van der Waals surface area contributed by atoms with Crippen molar-refractivity contribution in [1.29, 1.82) is 0 Å². The lowest BCUT2D eigenvalue weighted by molar-refractivity contribution is 0.104. The van der Waals surface area contributed by atoms with E-state index >= 15 is 0 Å². The van der Waals surface area contributed by atoms with Crippen LogP contribution < -0.4 is 9.47 Å². The zero-order valence-electron chi connectivity index (χ0n) is 15.5. The van der Waals surface area contributed by atoms with E-state index in [9.17, 15) is 4.79 Å². The van der Waals surface area contributed by atoms with Gasteiger partial charge in [-0.2, -0.15) is 0 Å². The van der Waals surface area contributed by atoms with E-state index in [0.717, 1.165) is 15.6 Å². The Kier molecular flexibility index (Phi) is 7.37. The monoisotopic (exact) mass is 490 g/mol. The first-order valence-corrected chi connectivity index (χ1v) is 10.2. The molecule has 0 aliphatic heterocycles. The normalized spacial score (nSPS) is 10.9. The van der Waals surface area contributed by atoms with E-state index in [2.05, 4.69) is 15.9 Å². The van der Waals surface area contributed by atoms with Crippen LogP contribution in [0.1, 0.15) is 21.5 Å². The first kappa shape index (κ1) is 21.4. The van der Waals surface area contributed by atoms with Crippen molar-refractivity contribution in [2.24, 2.45) is 0 Å². The fourth-order valence-electron chi connectivity index (χ4n) is 2.58. The molecule has 29 heavy (non-hydrogen) atoms. The van der Waals surface area contributed by atoms with Gasteiger partial charge in [0, 0.05) is 25.6 Å². The largest absolute Gasteiger partial charge is 0.493 e. The van der Waals surface area contributed by atoms with Crippen molar-refractivity contribution >= 4 is 51.0 Å². The van der Waals surface area contributed by atoms with E-state index in [1.165, 1.54) is 6.08 Å². The summed E-state index contributed by atoms with van der Waals surface area (Å²) in [5, 5.41) is 1.12. The highest BCUT2D eigenvalue weighted by Crippen LogP contribution is 2.30. The molecule has 0 N–H and O–H groups in total. The lowest BCUT2D eigenvalue weighted by atomic mass is 10.1. The molecule has 0 amide bonds. The Labute approximate surface area is 188 Å². The van der Waals surface area contributed by atoms with Crippen LogP contribution in [0.5, 0.6) is 11.5 Å². The Morgan fingerprint density at radius 2 is 1.76 bits per heavy atom. The molecule has 0 unspecified atom stereocenters. The lowest BCUT2D eigenvalue weighted by Crippen LogP contribution is -1.99. The maximum Gasteiger partial charge on any atom is 0.185 e. The summed E-state index contributed by atoms with van der Waals surface area (Å²) in [6.45, 7) is 0.281. The van der Waals surface area contributed by atoms with Gasteiger partial charge in [0.25, 0.3) is 0 Å². The molecule has 0 aliphatic rings. The minimum Gasteiger partial charge on any atom is -0.493 e. The number of rotatable bonds is 7. The topological polar surface area (TPSA) is 35.5 Å². The maximum atomic E-state index is 12.3. The van der Waals surface area contributed by atoms with Gasteiger partial charge in [0.2, 0.25) is 0 Å². The molecule has 3 nitrogen and oxygen atoms in total. The van der Waals surface area contributed by atoms with Crippen LogP contribution >= 0.6 is 39.1 Å². The standard InChI is InChI=1S/C23H17BrCl2O3/c1-28-23-12-15(2-10-21(27)16-4-7-18(24)8-5-16)3-11-22(23)29-14-17-6-9-19(25)13-20(17)26/h2-13H,14H2,1H3. The van der Waals surface area contributed by atoms with Crippen molar-refractivity contribution in [2.75, 3.05) is 7.11 Å². The molecule has 0 saturated heterocycles. The zero-order chi connectivity index (χ0) is 20.8. The van der Waals surface area contributed by atoms with E-state index in [1.54, 1.807) is 43.5 Å². The molecule has 148 valence electrons. The summed E-state index contributed by atoms with van der Waals surface area (Å²) in [5.41, 5.74) is 2.27. The van der Waals surface area contributed by atoms with Gasteiger partial charge in [0.05, 0.1) is 7.11 Å². The molecule has 0 aromatic heterocycles. The van der Waals surface area contributed by atoms with Crippen LogP contribution in [0, 0.1) is 0 Å². The first-order valence-electron chi connectivity index (χ1n) is 8.69. The number of ether oxygens (including phenoxy) is 2. The van der Waals surface area contributed by atoms with E-state index in [1.807, 2.05) is 30.3 Å². The second kappa shape index (κ2) is 9.97. The molecule has 0 aliphatic carbocycles. The average Bonchev–Trinajstić information content (AvgIpc) is 2.72. The van der Waals surface area contributed by atoms with Crippen molar-refractivity contribution in [3.8, 4) is 11.5 Å². The number of methoxy groups -OCH3 is 1. The Hall–Kier alpha value is -2.27. The number of carbonyl (C=O) groups excluding carboxylic acids is 1. The number of ketones is 1. The predicted molar refractivity (Wildman–Crippen MR) is 121 cm³/mol. The first-order chi connectivity index (χ1) is 14.0. The van der Waals surface area contributed by atoms with Gasteiger partial charge in [-0.1, -0.05) is 57.3 Å². The fraction of sp³-hybridized carbons (Fsp3) is 0.0870. The molecule has 0 radical (unpaired) electrons. The highest BCUT2D eigenvalue weighted by Gasteiger charge is 2.08. The molecule has 0 fully saturated rings. The number of hydrogen-bond acceptors (Lipinski definition) is 3. The predicted octanol–water partition coefficient (Wildman–Crippen LogP) is 7.24. The highest BCUT2D eigenvalue weighted by molar-refractivity contribution is 9.10. The van der Waals surface area contributed by atoms with Gasteiger partial charge >= 0.3 is 0 Å². The van der Waals surface area contributed by atoms with E-state index in [-0.39, 0.29) is 12.4 Å². The minimum absolute atomic E-state index is 0.0748. The van der Waals surface area contributed by atoms with Gasteiger partial charge in [-0.15, -0.1) is 0 Å². The third-order valence-corrected chi connectivity index (χ3v) is 5.26. The van der Waals surface area contributed by atoms with E-state index in [0.29, 0.717) is 27.1 Å². The van der Waals surface area contributed by atoms with Crippen LogP contribution in [0.3, 0.4) is 0 Å². The third kappa shape index (κ3) is 5.86. The van der Waals surface area contributed by atoms with Crippen molar-refractivity contribution < 1.29 is 14.3 Å². The number of carbonyl (C=O) groups is 1. The summed E-state index contributed by atoms with van der Waals surface area (Å²) in [6, 6.07) is 17.9. The summed E-state index contributed by atoms with van der Waals surface area (Å²) in [4.78, 5) is 12.3. The number of allylic oxidation sites excluding steroid dienone is 1. The Morgan fingerprint density at radius 1 is 1.00 bits per heavy atom. The smallest absolute Gasteiger partial charge is 0.185 e. The molecule has 0 saturated carbocycles. The number of halogens is 3. The zero-order valence-corrected chi connectivity index (χ0v) is 18.6. The molecule has 6 heteroatoms. The second-order valence-electron chi connectivity index (χ2n) is 6.14. The van der Waals surface area contributed by atoms with Gasteiger partial charge < -0.3 is 9.47 Å². The summed E-state index contributed by atoms with van der Waals surface area (Å²) in [7, 11) is 1.57. The maximum absolute atomic E-state index is 12.3. The third-order valence-electron chi connectivity index (χ3n) is 4.14. The van der Waals surface area contributed by atoms with Gasteiger partial charge in [0.15, 0.2) is 17.3 Å². The quantitative estimate of drug-likeness (QED) is 0.258. The van der Waals surface area contributed by atoms with Crippen LogP contribution in [-0.2, 0) is 6.61 Å². The van der Waals surface area contributed by atoms with E-state index < -0.39 is 0 Å². The van der Waals surface area contributed by atoms with Crippen molar-refractivity contribution in [2.45, 2.75) is 6.61 Å². The molecular weight excluding hydrogens is 475 g/mol. The molecule has 0 spiro atoms. The molecule has 0 atom stereocenters. The summed E-state index contributed by atoms with van der Waals surface area (Å²) < 4.78 is 12.2. The summed E-state index contributed by atoms with van der Waals surface area (Å²) >= 11 is 15.5. The van der Waals surface area contributed by atoms with E-state index in [4.69, 9.17) is 32.7 Å². The second-order valence-corrected chi connectivity index (χ2v) is 7.90. The molecule has 0 bridgehead atoms. The number of hydrogen-bond donors (Lipinski definition) is 0. The average molecular weight is 492 g/mol. The fourth-order valence-corrected chi connectivity index (χ4v) is 3.31. The van der Waals surface area contributed by atoms with Crippen LogP contribution in [0.2, 0.25) is 10.0 Å². The highest BCUT2D eigenvalue weighted by atomic mass is 79.9. The van der Waals surface area contributed by atoms with Gasteiger partial charge in [-0.05, 0) is 60.2 Å².